The van der Waals surface area contributed by atoms with Crippen LogP contribution < -0.4 is 5.32 Å². The Labute approximate surface area is 91.0 Å². The Hall–Kier alpha value is -0.770. The highest BCUT2D eigenvalue weighted by Crippen LogP contribution is 2.18. The number of nitrogens with zero attached hydrogens (tertiary/aromatic N) is 1. The van der Waals surface area contributed by atoms with Crippen LogP contribution in [0.5, 0.6) is 0 Å². The maximum absolute atomic E-state index is 11.7. The Morgan fingerprint density at radius 2 is 2.20 bits per heavy atom. The summed E-state index contributed by atoms with van der Waals surface area (Å²) < 4.78 is 5.50. The molecule has 2 rings (SSSR count). The summed E-state index contributed by atoms with van der Waals surface area (Å²) >= 11 is 0. The van der Waals surface area contributed by atoms with Gasteiger partial charge >= 0.3 is 6.03 Å². The van der Waals surface area contributed by atoms with Crippen LogP contribution in [-0.4, -0.2) is 43.3 Å². The molecule has 1 saturated heterocycles. The second-order valence-electron chi connectivity index (χ2n) is 4.59. The van der Waals surface area contributed by atoms with E-state index in [-0.39, 0.29) is 12.1 Å². The number of amides is 2. The quantitative estimate of drug-likeness (QED) is 0.767. The summed E-state index contributed by atoms with van der Waals surface area (Å²) in [6.07, 6.45) is 5.99. The van der Waals surface area contributed by atoms with Crippen LogP contribution in [-0.2, 0) is 4.74 Å². The first-order chi connectivity index (χ1) is 7.25. The van der Waals surface area contributed by atoms with Crippen molar-refractivity contribution < 1.29 is 9.53 Å². The summed E-state index contributed by atoms with van der Waals surface area (Å²) in [7, 11) is 1.84. The van der Waals surface area contributed by atoms with Gasteiger partial charge in [0.05, 0.1) is 6.10 Å². The molecule has 2 amide bonds. The molecule has 0 aromatic carbocycles. The Bertz CT molecular complexity index is 223. The molecule has 1 aliphatic carbocycles. The Balaban J connectivity index is 1.68. The zero-order valence-electron chi connectivity index (χ0n) is 9.37. The molecule has 1 unspecified atom stereocenters. The number of ether oxygens (including phenoxy) is 1. The Morgan fingerprint density at radius 3 is 2.73 bits per heavy atom. The van der Waals surface area contributed by atoms with Crippen molar-refractivity contribution in [3.05, 3.63) is 0 Å². The van der Waals surface area contributed by atoms with Gasteiger partial charge in [0.1, 0.15) is 0 Å². The van der Waals surface area contributed by atoms with E-state index >= 15 is 0 Å². The van der Waals surface area contributed by atoms with E-state index in [9.17, 15) is 4.79 Å². The predicted octanol–water partition coefficient (Wildman–Crippen LogP) is 1.36. The summed E-state index contributed by atoms with van der Waals surface area (Å²) in [6.45, 7) is 1.57. The second kappa shape index (κ2) is 4.84. The molecule has 0 bridgehead atoms. The van der Waals surface area contributed by atoms with Crippen molar-refractivity contribution in [2.24, 2.45) is 0 Å². The third-order valence-electron chi connectivity index (χ3n) is 3.28. The van der Waals surface area contributed by atoms with Crippen LogP contribution in [0.1, 0.15) is 32.1 Å². The fraction of sp³-hybridized carbons (Fsp3) is 0.909. The lowest BCUT2D eigenvalue weighted by Crippen LogP contribution is -2.47. The number of hydrogen-bond acceptors (Lipinski definition) is 2. The second-order valence-corrected chi connectivity index (χ2v) is 4.59. The van der Waals surface area contributed by atoms with Crippen LogP contribution in [0.3, 0.4) is 0 Å². The van der Waals surface area contributed by atoms with Crippen molar-refractivity contribution >= 4 is 6.03 Å². The average molecular weight is 212 g/mol. The van der Waals surface area contributed by atoms with Gasteiger partial charge in [0, 0.05) is 26.2 Å². The Morgan fingerprint density at radius 1 is 1.40 bits per heavy atom. The number of carbonyl (C=O) groups is 1. The monoisotopic (exact) mass is 212 g/mol. The molecule has 1 saturated carbocycles. The van der Waals surface area contributed by atoms with Gasteiger partial charge in [0.25, 0.3) is 0 Å². The van der Waals surface area contributed by atoms with Crippen LogP contribution in [0.2, 0.25) is 0 Å². The molecular formula is C11H20N2O2. The van der Waals surface area contributed by atoms with Crippen LogP contribution in [0.4, 0.5) is 4.79 Å². The van der Waals surface area contributed by atoms with Gasteiger partial charge in [-0.15, -0.1) is 0 Å². The summed E-state index contributed by atoms with van der Waals surface area (Å²) in [5, 5.41) is 3.02. The number of nitrogens with one attached hydrogen (secondary N) is 1. The first-order valence-electron chi connectivity index (χ1n) is 5.89. The lowest BCUT2D eigenvalue weighted by molar-refractivity contribution is 0.0863. The summed E-state index contributed by atoms with van der Waals surface area (Å²) in [6, 6.07) is 0.472. The normalized spacial score (nSPS) is 26.1. The van der Waals surface area contributed by atoms with E-state index in [1.165, 1.54) is 6.42 Å². The molecule has 2 fully saturated rings. The lowest BCUT2D eigenvalue weighted by Gasteiger charge is -2.29. The van der Waals surface area contributed by atoms with E-state index in [0.717, 1.165) is 38.8 Å². The van der Waals surface area contributed by atoms with Crippen molar-refractivity contribution in [1.82, 2.24) is 10.2 Å². The third-order valence-corrected chi connectivity index (χ3v) is 3.28. The maximum Gasteiger partial charge on any atom is 0.317 e. The maximum atomic E-state index is 11.7. The summed E-state index contributed by atoms with van der Waals surface area (Å²) in [4.78, 5) is 13.4. The van der Waals surface area contributed by atoms with Crippen LogP contribution in [0, 0.1) is 0 Å². The van der Waals surface area contributed by atoms with E-state index < -0.39 is 0 Å². The first-order valence-corrected chi connectivity index (χ1v) is 5.89. The number of carbonyl (C=O) groups excluding carboxylic acids is 1. The van der Waals surface area contributed by atoms with Crippen LogP contribution >= 0.6 is 0 Å². The van der Waals surface area contributed by atoms with Gasteiger partial charge in [0.15, 0.2) is 0 Å². The molecule has 0 spiro atoms. The van der Waals surface area contributed by atoms with Gasteiger partial charge in [-0.05, 0) is 32.1 Å². The zero-order valence-corrected chi connectivity index (χ0v) is 9.37. The van der Waals surface area contributed by atoms with Gasteiger partial charge in [-0.2, -0.15) is 0 Å². The van der Waals surface area contributed by atoms with Gasteiger partial charge in [-0.25, -0.2) is 4.79 Å². The molecule has 4 nitrogen and oxygen atoms in total. The largest absolute Gasteiger partial charge is 0.376 e. The Kier molecular flexibility index (Phi) is 3.46. The van der Waals surface area contributed by atoms with Gasteiger partial charge in [-0.1, -0.05) is 0 Å². The van der Waals surface area contributed by atoms with Crippen molar-refractivity contribution in [3.63, 3.8) is 0 Å². The van der Waals surface area contributed by atoms with Gasteiger partial charge in [-0.3, -0.25) is 0 Å². The fourth-order valence-electron chi connectivity index (χ4n) is 2.01. The van der Waals surface area contributed by atoms with Crippen LogP contribution in [0.25, 0.3) is 0 Å². The molecule has 86 valence electrons. The van der Waals surface area contributed by atoms with E-state index in [2.05, 4.69) is 5.32 Å². The third kappa shape index (κ3) is 2.84. The first kappa shape index (κ1) is 10.7. The fourth-order valence-corrected chi connectivity index (χ4v) is 2.01. The standard InChI is InChI=1S/C11H20N2O2/c1-13(8-10-6-3-7-15-10)11(14)12-9-4-2-5-9/h9-10H,2-8H2,1H3,(H,12,14). The topological polar surface area (TPSA) is 41.6 Å². The highest BCUT2D eigenvalue weighted by molar-refractivity contribution is 5.74. The zero-order chi connectivity index (χ0) is 10.7. The van der Waals surface area contributed by atoms with Gasteiger partial charge < -0.3 is 15.0 Å². The highest BCUT2D eigenvalue weighted by atomic mass is 16.5. The lowest BCUT2D eigenvalue weighted by atomic mass is 9.93. The molecule has 1 heterocycles. The number of rotatable bonds is 3. The van der Waals surface area contributed by atoms with E-state index in [4.69, 9.17) is 4.74 Å². The molecule has 1 N–H and O–H groups in total. The predicted molar refractivity (Wildman–Crippen MR) is 57.8 cm³/mol. The molecule has 15 heavy (non-hydrogen) atoms. The molecule has 1 aliphatic heterocycles. The summed E-state index contributed by atoms with van der Waals surface area (Å²) in [5.41, 5.74) is 0. The number of hydrogen-bond donors (Lipinski definition) is 1. The molecule has 2 aliphatic rings. The molecular weight excluding hydrogens is 192 g/mol. The molecule has 0 aromatic heterocycles. The van der Waals surface area contributed by atoms with Crippen molar-refractivity contribution in [3.8, 4) is 0 Å². The molecule has 0 radical (unpaired) electrons. The van der Waals surface area contributed by atoms with E-state index in [1.807, 2.05) is 7.05 Å². The van der Waals surface area contributed by atoms with Crippen molar-refractivity contribution in [2.75, 3.05) is 20.2 Å². The van der Waals surface area contributed by atoms with Crippen molar-refractivity contribution in [1.29, 1.82) is 0 Å². The van der Waals surface area contributed by atoms with Crippen molar-refractivity contribution in [2.45, 2.75) is 44.2 Å². The minimum Gasteiger partial charge on any atom is -0.376 e. The van der Waals surface area contributed by atoms with Crippen LogP contribution in [0.15, 0.2) is 0 Å². The minimum absolute atomic E-state index is 0.0511. The molecule has 1 atom stereocenters. The number of urea groups is 1. The molecule has 0 aromatic rings. The van der Waals surface area contributed by atoms with Gasteiger partial charge in [0.2, 0.25) is 0 Å². The summed E-state index contributed by atoms with van der Waals surface area (Å²) in [5.74, 6) is 0. The highest BCUT2D eigenvalue weighted by Gasteiger charge is 2.23. The van der Waals surface area contributed by atoms with E-state index in [1.54, 1.807) is 4.90 Å². The minimum atomic E-state index is 0.0511. The number of likely N-dealkylation sites (N-methyl/N-ethyl adjacent to an activating group) is 1. The SMILES string of the molecule is CN(CC1CCCO1)C(=O)NC1CCC1. The smallest absolute Gasteiger partial charge is 0.317 e. The average Bonchev–Trinajstić information content (AvgIpc) is 2.63. The molecule has 4 heteroatoms. The van der Waals surface area contributed by atoms with E-state index in [0.29, 0.717) is 6.04 Å².